The van der Waals surface area contributed by atoms with Gasteiger partial charge >= 0.3 is 0 Å². The minimum absolute atomic E-state index is 0.0757. The molecule has 0 unspecified atom stereocenters. The zero-order valence-electron chi connectivity index (χ0n) is 10.9. The second-order valence-corrected chi connectivity index (χ2v) is 3.93. The SMILES string of the molecule is CCOc1cc(C[C@@H](C)N)c(OC)cc1OC. The predicted molar refractivity (Wildman–Crippen MR) is 68.1 cm³/mol. The van der Waals surface area contributed by atoms with Crippen molar-refractivity contribution < 1.29 is 14.2 Å². The molecule has 4 heteroatoms. The van der Waals surface area contributed by atoms with E-state index in [9.17, 15) is 0 Å². The van der Waals surface area contributed by atoms with Gasteiger partial charge in [0.25, 0.3) is 0 Å². The summed E-state index contributed by atoms with van der Waals surface area (Å²) in [6.45, 7) is 4.50. The van der Waals surface area contributed by atoms with Crippen LogP contribution in [0.15, 0.2) is 12.1 Å². The summed E-state index contributed by atoms with van der Waals surface area (Å²) < 4.78 is 16.1. The minimum atomic E-state index is 0.0757. The molecule has 0 aromatic heterocycles. The molecule has 0 radical (unpaired) electrons. The molecule has 4 nitrogen and oxygen atoms in total. The van der Waals surface area contributed by atoms with E-state index in [1.54, 1.807) is 14.2 Å². The molecule has 0 aliphatic heterocycles. The van der Waals surface area contributed by atoms with Crippen molar-refractivity contribution in [3.05, 3.63) is 17.7 Å². The summed E-state index contributed by atoms with van der Waals surface area (Å²) in [5, 5.41) is 0. The maximum atomic E-state index is 5.81. The Morgan fingerprint density at radius 1 is 1.12 bits per heavy atom. The Morgan fingerprint density at radius 2 is 1.76 bits per heavy atom. The van der Waals surface area contributed by atoms with Gasteiger partial charge in [-0.1, -0.05) is 0 Å². The molecule has 0 saturated heterocycles. The highest BCUT2D eigenvalue weighted by Gasteiger charge is 2.13. The highest BCUT2D eigenvalue weighted by molar-refractivity contribution is 5.51. The Hall–Kier alpha value is -1.42. The van der Waals surface area contributed by atoms with Gasteiger partial charge in [0.05, 0.1) is 20.8 Å². The highest BCUT2D eigenvalue weighted by atomic mass is 16.5. The monoisotopic (exact) mass is 239 g/mol. The molecule has 2 N–H and O–H groups in total. The summed E-state index contributed by atoms with van der Waals surface area (Å²) in [5.74, 6) is 2.19. The first-order valence-electron chi connectivity index (χ1n) is 5.75. The molecular formula is C13H21NO3. The molecule has 0 aliphatic rings. The van der Waals surface area contributed by atoms with Gasteiger partial charge in [0.15, 0.2) is 11.5 Å². The molecule has 0 spiro atoms. The second kappa shape index (κ2) is 6.35. The topological polar surface area (TPSA) is 53.7 Å². The van der Waals surface area contributed by atoms with Crippen molar-refractivity contribution >= 4 is 0 Å². The molecule has 1 aromatic rings. The molecule has 96 valence electrons. The van der Waals surface area contributed by atoms with Gasteiger partial charge in [0.2, 0.25) is 0 Å². The summed E-state index contributed by atoms with van der Waals surface area (Å²) in [4.78, 5) is 0. The Labute approximate surface area is 103 Å². The molecule has 17 heavy (non-hydrogen) atoms. The van der Waals surface area contributed by atoms with Gasteiger partial charge in [-0.15, -0.1) is 0 Å². The van der Waals surface area contributed by atoms with E-state index in [1.807, 2.05) is 26.0 Å². The van der Waals surface area contributed by atoms with E-state index in [4.69, 9.17) is 19.9 Å². The lowest BCUT2D eigenvalue weighted by atomic mass is 10.1. The zero-order valence-corrected chi connectivity index (χ0v) is 10.9. The average molecular weight is 239 g/mol. The Balaban J connectivity index is 3.13. The largest absolute Gasteiger partial charge is 0.496 e. The van der Waals surface area contributed by atoms with Crippen LogP contribution in [0.3, 0.4) is 0 Å². The van der Waals surface area contributed by atoms with Crippen molar-refractivity contribution in [1.29, 1.82) is 0 Å². The third kappa shape index (κ3) is 3.53. The number of benzene rings is 1. The maximum Gasteiger partial charge on any atom is 0.164 e. The number of nitrogens with two attached hydrogens (primary N) is 1. The van der Waals surface area contributed by atoms with Crippen molar-refractivity contribution in [2.24, 2.45) is 5.73 Å². The first-order valence-corrected chi connectivity index (χ1v) is 5.75. The third-order valence-corrected chi connectivity index (χ3v) is 2.41. The van der Waals surface area contributed by atoms with E-state index in [1.165, 1.54) is 0 Å². The van der Waals surface area contributed by atoms with E-state index in [0.717, 1.165) is 23.5 Å². The van der Waals surface area contributed by atoms with Gasteiger partial charge in [-0.2, -0.15) is 0 Å². The van der Waals surface area contributed by atoms with Crippen molar-refractivity contribution in [2.75, 3.05) is 20.8 Å². The second-order valence-electron chi connectivity index (χ2n) is 3.93. The molecule has 0 amide bonds. The van der Waals surface area contributed by atoms with Crippen LogP contribution >= 0.6 is 0 Å². The van der Waals surface area contributed by atoms with Gasteiger partial charge in [0.1, 0.15) is 5.75 Å². The quantitative estimate of drug-likeness (QED) is 0.825. The first-order chi connectivity index (χ1) is 8.12. The summed E-state index contributed by atoms with van der Waals surface area (Å²) in [7, 11) is 3.25. The van der Waals surface area contributed by atoms with Crippen LogP contribution in [0.1, 0.15) is 19.4 Å². The Bertz CT molecular complexity index is 364. The molecule has 0 bridgehead atoms. The van der Waals surface area contributed by atoms with Crippen LogP contribution < -0.4 is 19.9 Å². The minimum Gasteiger partial charge on any atom is -0.496 e. The number of hydrogen-bond donors (Lipinski definition) is 1. The number of ether oxygens (including phenoxy) is 3. The van der Waals surface area contributed by atoms with E-state index < -0.39 is 0 Å². The van der Waals surface area contributed by atoms with E-state index >= 15 is 0 Å². The molecule has 1 rings (SSSR count). The Morgan fingerprint density at radius 3 is 2.24 bits per heavy atom. The zero-order chi connectivity index (χ0) is 12.8. The average Bonchev–Trinajstić information content (AvgIpc) is 2.29. The van der Waals surface area contributed by atoms with Crippen LogP contribution in [0.2, 0.25) is 0 Å². The number of methoxy groups -OCH3 is 2. The fraction of sp³-hybridized carbons (Fsp3) is 0.538. The Kier molecular flexibility index (Phi) is 5.10. The molecule has 1 aromatic carbocycles. The van der Waals surface area contributed by atoms with Crippen molar-refractivity contribution in [3.63, 3.8) is 0 Å². The third-order valence-electron chi connectivity index (χ3n) is 2.41. The lowest BCUT2D eigenvalue weighted by Gasteiger charge is -2.16. The summed E-state index contributed by atoms with van der Waals surface area (Å²) in [5.41, 5.74) is 6.85. The van der Waals surface area contributed by atoms with Crippen LogP contribution in [-0.2, 0) is 6.42 Å². The van der Waals surface area contributed by atoms with Crippen molar-refractivity contribution in [1.82, 2.24) is 0 Å². The van der Waals surface area contributed by atoms with Crippen LogP contribution in [0.4, 0.5) is 0 Å². The first kappa shape index (κ1) is 13.6. The molecule has 0 aliphatic carbocycles. The smallest absolute Gasteiger partial charge is 0.164 e. The number of hydrogen-bond acceptors (Lipinski definition) is 4. The van der Waals surface area contributed by atoms with E-state index in [0.29, 0.717) is 12.4 Å². The van der Waals surface area contributed by atoms with Crippen molar-refractivity contribution in [2.45, 2.75) is 26.3 Å². The molecule has 1 atom stereocenters. The van der Waals surface area contributed by atoms with Crippen LogP contribution in [-0.4, -0.2) is 26.9 Å². The molecule has 0 heterocycles. The predicted octanol–water partition coefficient (Wildman–Crippen LogP) is 1.99. The maximum absolute atomic E-state index is 5.81. The highest BCUT2D eigenvalue weighted by Crippen LogP contribution is 2.35. The fourth-order valence-corrected chi connectivity index (χ4v) is 1.71. The van der Waals surface area contributed by atoms with Crippen LogP contribution in [0.25, 0.3) is 0 Å². The van der Waals surface area contributed by atoms with Gasteiger partial charge in [-0.05, 0) is 31.9 Å². The summed E-state index contributed by atoms with van der Waals surface area (Å²) in [6, 6.07) is 3.85. The van der Waals surface area contributed by atoms with Gasteiger partial charge in [0, 0.05) is 12.1 Å². The molecule has 0 fully saturated rings. The normalized spacial score (nSPS) is 12.1. The van der Waals surface area contributed by atoms with Crippen LogP contribution in [0, 0.1) is 0 Å². The summed E-state index contributed by atoms with van der Waals surface area (Å²) >= 11 is 0. The molecule has 0 saturated carbocycles. The standard InChI is InChI=1S/C13H21NO3/c1-5-17-13-7-10(6-9(2)14)11(15-3)8-12(13)16-4/h7-9H,5-6,14H2,1-4H3/t9-/m1/s1. The lowest BCUT2D eigenvalue weighted by Crippen LogP contribution is -2.18. The van der Waals surface area contributed by atoms with Gasteiger partial charge < -0.3 is 19.9 Å². The fourth-order valence-electron chi connectivity index (χ4n) is 1.71. The van der Waals surface area contributed by atoms with Crippen molar-refractivity contribution in [3.8, 4) is 17.2 Å². The lowest BCUT2D eigenvalue weighted by molar-refractivity contribution is 0.307. The molecular weight excluding hydrogens is 218 g/mol. The summed E-state index contributed by atoms with van der Waals surface area (Å²) in [6.07, 6.45) is 0.743. The van der Waals surface area contributed by atoms with Gasteiger partial charge in [-0.25, -0.2) is 0 Å². The number of rotatable bonds is 6. The van der Waals surface area contributed by atoms with E-state index in [-0.39, 0.29) is 6.04 Å². The van der Waals surface area contributed by atoms with Gasteiger partial charge in [-0.3, -0.25) is 0 Å². The van der Waals surface area contributed by atoms with E-state index in [2.05, 4.69) is 0 Å². The van der Waals surface area contributed by atoms with Crippen LogP contribution in [0.5, 0.6) is 17.2 Å².